The Morgan fingerprint density at radius 3 is 2.48 bits per heavy atom. The molecule has 1 amide bonds. The van der Waals surface area contributed by atoms with Gasteiger partial charge in [-0.3, -0.25) is 9.59 Å². The number of carbonyl (C=O) groups excluding carboxylic acids is 2. The summed E-state index contributed by atoms with van der Waals surface area (Å²) in [7, 11) is 0. The molecule has 21 heavy (non-hydrogen) atoms. The van der Waals surface area contributed by atoms with Crippen LogP contribution in [-0.2, 0) is 14.3 Å². The normalized spacial score (nSPS) is 12.7. The zero-order chi connectivity index (χ0) is 16.2. The van der Waals surface area contributed by atoms with E-state index in [1.54, 1.807) is 33.8 Å². The third kappa shape index (κ3) is 4.52. The van der Waals surface area contributed by atoms with Crippen LogP contribution in [0.4, 0.5) is 10.1 Å². The first-order valence-corrected chi connectivity index (χ1v) is 7.39. The van der Waals surface area contributed by atoms with E-state index in [0.29, 0.717) is 4.47 Å². The fourth-order valence-corrected chi connectivity index (χ4v) is 2.33. The zero-order valence-corrected chi connectivity index (χ0v) is 14.1. The van der Waals surface area contributed by atoms with E-state index in [9.17, 15) is 14.0 Å². The maximum absolute atomic E-state index is 13.8. The van der Waals surface area contributed by atoms with Crippen LogP contribution < -0.4 is 5.32 Å². The van der Waals surface area contributed by atoms with Crippen molar-refractivity contribution in [2.75, 3.05) is 11.9 Å². The molecule has 116 valence electrons. The van der Waals surface area contributed by atoms with Gasteiger partial charge in [0.15, 0.2) is 0 Å². The molecule has 1 aromatic rings. The number of hydrogen-bond donors (Lipinski definition) is 1. The highest BCUT2D eigenvalue weighted by molar-refractivity contribution is 9.10. The fourth-order valence-electron chi connectivity index (χ4n) is 1.89. The summed E-state index contributed by atoms with van der Waals surface area (Å²) in [5.41, 5.74) is -0.630. The average molecular weight is 360 g/mol. The Hall–Kier alpha value is -1.43. The summed E-state index contributed by atoms with van der Waals surface area (Å²) in [5, 5.41) is 2.46. The van der Waals surface area contributed by atoms with Gasteiger partial charge in [-0.1, -0.05) is 26.8 Å². The molecule has 4 nitrogen and oxygen atoms in total. The molecule has 0 saturated carbocycles. The molecule has 0 heterocycles. The molecule has 0 saturated heterocycles. The van der Waals surface area contributed by atoms with Crippen LogP contribution in [0.2, 0.25) is 0 Å². The van der Waals surface area contributed by atoms with Crippen LogP contribution in [0.1, 0.15) is 27.7 Å². The molecule has 0 aliphatic heterocycles. The Bertz CT molecular complexity index is 520. The molecule has 0 aliphatic carbocycles. The fraction of sp³-hybridized carbons (Fsp3) is 0.467. The minimum Gasteiger partial charge on any atom is -0.465 e. The molecule has 0 radical (unpaired) electrons. The van der Waals surface area contributed by atoms with Gasteiger partial charge in [-0.25, -0.2) is 4.39 Å². The number of hydrogen-bond acceptors (Lipinski definition) is 3. The number of amides is 1. The molecule has 1 N–H and O–H groups in total. The van der Waals surface area contributed by atoms with Crippen LogP contribution in [-0.4, -0.2) is 18.5 Å². The molecule has 1 atom stereocenters. The van der Waals surface area contributed by atoms with Crippen molar-refractivity contribution in [2.24, 2.45) is 11.3 Å². The van der Waals surface area contributed by atoms with Gasteiger partial charge in [0.1, 0.15) is 11.7 Å². The summed E-state index contributed by atoms with van der Waals surface area (Å²) in [6.07, 6.45) is 0. The second-order valence-electron chi connectivity index (χ2n) is 5.64. The summed E-state index contributed by atoms with van der Waals surface area (Å²) >= 11 is 3.17. The maximum Gasteiger partial charge on any atom is 0.319 e. The highest BCUT2D eigenvalue weighted by Gasteiger charge is 2.39. The van der Waals surface area contributed by atoms with Crippen LogP contribution >= 0.6 is 15.9 Å². The first kappa shape index (κ1) is 17.6. The Kier molecular flexibility index (Phi) is 5.89. The van der Waals surface area contributed by atoms with Crippen LogP contribution in [0.25, 0.3) is 0 Å². The molecule has 0 fully saturated rings. The standard InChI is InChI=1S/C15H19BrFNO3/c1-5-21-14(20)11(15(2,3)4)13(19)18-12-9(16)7-6-8-10(12)17/h6-8,11H,5H2,1-4H3,(H,18,19). The van der Waals surface area contributed by atoms with E-state index in [1.807, 2.05) is 0 Å². The lowest BCUT2D eigenvalue weighted by molar-refractivity contribution is -0.155. The molecule has 0 aliphatic rings. The summed E-state index contributed by atoms with van der Waals surface area (Å²) < 4.78 is 19.1. The lowest BCUT2D eigenvalue weighted by Gasteiger charge is -2.27. The highest BCUT2D eigenvalue weighted by Crippen LogP contribution is 2.31. The summed E-state index contributed by atoms with van der Waals surface area (Å²) in [6.45, 7) is 7.12. The summed E-state index contributed by atoms with van der Waals surface area (Å²) in [4.78, 5) is 24.4. The van der Waals surface area contributed by atoms with Crippen LogP contribution in [0, 0.1) is 17.2 Å². The van der Waals surface area contributed by atoms with Gasteiger partial charge in [-0.2, -0.15) is 0 Å². The predicted molar refractivity (Wildman–Crippen MR) is 82.3 cm³/mol. The number of para-hydroxylation sites is 1. The number of nitrogens with one attached hydrogen (secondary N) is 1. The molecule has 0 aromatic heterocycles. The van der Waals surface area contributed by atoms with Crippen molar-refractivity contribution in [3.05, 3.63) is 28.5 Å². The summed E-state index contributed by atoms with van der Waals surface area (Å²) in [5.74, 6) is -2.81. The lowest BCUT2D eigenvalue weighted by atomic mass is 9.80. The number of benzene rings is 1. The third-order valence-corrected chi connectivity index (χ3v) is 3.52. The van der Waals surface area contributed by atoms with Crippen molar-refractivity contribution in [1.82, 2.24) is 0 Å². The van der Waals surface area contributed by atoms with Gasteiger partial charge < -0.3 is 10.1 Å². The van der Waals surface area contributed by atoms with Crippen molar-refractivity contribution in [3.63, 3.8) is 0 Å². The van der Waals surface area contributed by atoms with Crippen molar-refractivity contribution < 1.29 is 18.7 Å². The number of esters is 1. The summed E-state index contributed by atoms with van der Waals surface area (Å²) in [6, 6.07) is 4.35. The number of carbonyl (C=O) groups is 2. The second-order valence-corrected chi connectivity index (χ2v) is 6.49. The zero-order valence-electron chi connectivity index (χ0n) is 12.5. The van der Waals surface area contributed by atoms with Crippen LogP contribution in [0.15, 0.2) is 22.7 Å². The number of halogens is 2. The van der Waals surface area contributed by atoms with E-state index in [0.717, 1.165) is 0 Å². The van der Waals surface area contributed by atoms with Gasteiger partial charge in [0.25, 0.3) is 0 Å². The molecular weight excluding hydrogens is 341 g/mol. The van der Waals surface area contributed by atoms with E-state index in [2.05, 4.69) is 21.2 Å². The van der Waals surface area contributed by atoms with Gasteiger partial charge >= 0.3 is 5.97 Å². The van der Waals surface area contributed by atoms with Crippen molar-refractivity contribution in [2.45, 2.75) is 27.7 Å². The van der Waals surface area contributed by atoms with E-state index >= 15 is 0 Å². The quantitative estimate of drug-likeness (QED) is 0.657. The Morgan fingerprint density at radius 1 is 1.38 bits per heavy atom. The molecule has 1 aromatic carbocycles. The minimum atomic E-state index is -1.02. The van der Waals surface area contributed by atoms with Gasteiger partial charge in [-0.15, -0.1) is 0 Å². The highest BCUT2D eigenvalue weighted by atomic mass is 79.9. The molecule has 0 spiro atoms. The van der Waals surface area contributed by atoms with Gasteiger partial charge in [0, 0.05) is 4.47 Å². The predicted octanol–water partition coefficient (Wildman–Crippen LogP) is 3.75. The van der Waals surface area contributed by atoms with Gasteiger partial charge in [0.2, 0.25) is 5.91 Å². The molecule has 6 heteroatoms. The van der Waals surface area contributed by atoms with Crippen LogP contribution in [0.3, 0.4) is 0 Å². The topological polar surface area (TPSA) is 55.4 Å². The first-order chi connectivity index (χ1) is 9.68. The molecule has 1 rings (SSSR count). The first-order valence-electron chi connectivity index (χ1n) is 6.60. The smallest absolute Gasteiger partial charge is 0.319 e. The van der Waals surface area contributed by atoms with Crippen molar-refractivity contribution >= 4 is 33.5 Å². The average Bonchev–Trinajstić information content (AvgIpc) is 2.32. The van der Waals surface area contributed by atoms with E-state index in [4.69, 9.17) is 4.74 Å². The monoisotopic (exact) mass is 359 g/mol. The Labute approximate surface area is 132 Å². The molecule has 0 bridgehead atoms. The number of ether oxygens (including phenoxy) is 1. The largest absolute Gasteiger partial charge is 0.465 e. The Morgan fingerprint density at radius 2 is 2.00 bits per heavy atom. The number of anilines is 1. The molecular formula is C15H19BrFNO3. The Balaban J connectivity index is 3.05. The molecule has 1 unspecified atom stereocenters. The minimum absolute atomic E-state index is 0.0149. The van der Waals surface area contributed by atoms with Crippen LogP contribution in [0.5, 0.6) is 0 Å². The van der Waals surface area contributed by atoms with E-state index < -0.39 is 29.0 Å². The lowest BCUT2D eigenvalue weighted by Crippen LogP contribution is -2.40. The van der Waals surface area contributed by atoms with Gasteiger partial charge in [0.05, 0.1) is 12.3 Å². The third-order valence-electron chi connectivity index (χ3n) is 2.86. The van der Waals surface area contributed by atoms with E-state index in [1.165, 1.54) is 12.1 Å². The van der Waals surface area contributed by atoms with Crippen molar-refractivity contribution in [3.8, 4) is 0 Å². The second kappa shape index (κ2) is 7.02. The number of rotatable bonds is 4. The SMILES string of the molecule is CCOC(=O)C(C(=O)Nc1c(F)cccc1Br)C(C)(C)C. The van der Waals surface area contributed by atoms with Crippen molar-refractivity contribution in [1.29, 1.82) is 0 Å². The van der Waals surface area contributed by atoms with Gasteiger partial charge in [-0.05, 0) is 40.4 Å². The van der Waals surface area contributed by atoms with E-state index in [-0.39, 0.29) is 12.3 Å². The maximum atomic E-state index is 13.8.